The zero-order chi connectivity index (χ0) is 10.7. The zero-order valence-electron chi connectivity index (χ0n) is 9.20. The van der Waals surface area contributed by atoms with E-state index in [1.807, 2.05) is 44.2 Å². The molecule has 0 atom stereocenters. The molecule has 1 aromatic heterocycles. The molecule has 1 heterocycles. The van der Waals surface area contributed by atoms with E-state index in [1.54, 1.807) is 14.0 Å². The fourth-order valence-corrected chi connectivity index (χ4v) is 0.364. The van der Waals surface area contributed by atoms with Gasteiger partial charge >= 0.3 is 0 Å². The first-order valence-corrected chi connectivity index (χ1v) is 4.33. The lowest BCUT2D eigenvalue weighted by molar-refractivity contribution is -0.670. The third-order valence-corrected chi connectivity index (χ3v) is 1.04. The van der Waals surface area contributed by atoms with Crippen molar-refractivity contribution in [1.29, 1.82) is 0 Å². The summed E-state index contributed by atoms with van der Waals surface area (Å²) in [5.74, 6) is 0.630. The Labute approximate surface area is 87.9 Å². The number of nitrogens with one attached hydrogen (secondary N) is 1. The highest BCUT2D eigenvalue weighted by Gasteiger charge is 1.78. The summed E-state index contributed by atoms with van der Waals surface area (Å²) in [5, 5.41) is 0. The number of aryl methyl sites for hydroxylation is 1. The van der Waals surface area contributed by atoms with Crippen molar-refractivity contribution in [2.24, 2.45) is 17.8 Å². The van der Waals surface area contributed by atoms with E-state index < -0.39 is 0 Å². The molecule has 84 valence electrons. The van der Waals surface area contributed by atoms with Crippen LogP contribution in [0.1, 0.15) is 28.2 Å². The molecule has 0 amide bonds. The monoisotopic (exact) mass is 201 g/mol. The van der Waals surface area contributed by atoms with Gasteiger partial charge in [0, 0.05) is 7.05 Å². The molecule has 0 aliphatic heterocycles. The van der Waals surface area contributed by atoms with Gasteiger partial charge in [-0.05, 0) is 6.92 Å². The normalized spacial score (nSPS) is 8.50. The lowest BCUT2D eigenvalue weighted by Crippen LogP contribution is -2.22. The van der Waals surface area contributed by atoms with Crippen molar-refractivity contribution in [2.75, 3.05) is 7.05 Å². The Morgan fingerprint density at radius 1 is 1.43 bits per heavy atom. The smallest absolute Gasteiger partial charge is 0.241 e. The van der Waals surface area contributed by atoms with E-state index in [1.165, 1.54) is 0 Å². The summed E-state index contributed by atoms with van der Waals surface area (Å²) in [6.45, 7) is 5.75. The summed E-state index contributed by atoms with van der Waals surface area (Å²) in [6.07, 6.45) is 5.69. The molecule has 4 nitrogen and oxygen atoms in total. The minimum absolute atomic E-state index is 0. The van der Waals surface area contributed by atoms with Gasteiger partial charge in [-0.25, -0.2) is 4.57 Å². The lowest BCUT2D eigenvalue weighted by Gasteiger charge is -1.76. The molecular formula is C10H25N4+. The highest BCUT2D eigenvalue weighted by Crippen LogP contribution is 1.59. The molecule has 1 aromatic rings. The number of nitrogens with two attached hydrogens (primary N) is 1. The maximum absolute atomic E-state index is 5.04. The number of aromatic amines is 1. The van der Waals surface area contributed by atoms with Crippen molar-refractivity contribution in [3.63, 3.8) is 0 Å². The van der Waals surface area contributed by atoms with Gasteiger partial charge in [0.1, 0.15) is 12.4 Å². The molecule has 0 aliphatic rings. The first kappa shape index (κ1) is 18.5. The second-order valence-electron chi connectivity index (χ2n) is 2.14. The minimum atomic E-state index is 0. The molecule has 0 aromatic carbocycles. The van der Waals surface area contributed by atoms with E-state index in [-0.39, 0.29) is 7.43 Å². The first-order chi connectivity index (χ1) is 6.16. The largest absolute Gasteiger partial charge is 0.388 e. The Hall–Kier alpha value is -1.32. The van der Waals surface area contributed by atoms with Crippen LogP contribution in [0.15, 0.2) is 23.7 Å². The van der Waals surface area contributed by atoms with Gasteiger partial charge < -0.3 is 5.73 Å². The summed E-state index contributed by atoms with van der Waals surface area (Å²) < 4.78 is 1.94. The predicted octanol–water partition coefficient (Wildman–Crippen LogP) is 1.49. The Balaban J connectivity index is -0.000000141. The molecule has 0 fully saturated rings. The molecule has 0 unspecified atom stereocenters. The van der Waals surface area contributed by atoms with Crippen LogP contribution in [0, 0.1) is 0 Å². The molecule has 4 heteroatoms. The Morgan fingerprint density at radius 2 is 1.86 bits per heavy atom. The fourth-order valence-electron chi connectivity index (χ4n) is 0.364. The van der Waals surface area contributed by atoms with Gasteiger partial charge in [0.15, 0.2) is 0 Å². The maximum atomic E-state index is 5.04. The molecule has 0 bridgehead atoms. The number of amidine groups is 1. The molecule has 0 saturated heterocycles. The summed E-state index contributed by atoms with van der Waals surface area (Å²) in [7, 11) is 3.63. The number of H-pyrrole nitrogens is 1. The standard InChI is InChI=1S/C4H6N2.C3H8N2.C2H6.CH4/c1-6-3-2-5-4-6;1-3(4)5-2;1-2;/h2-4H,1H3;1-2H3,(H2,4,5);1-2H3;1H4/p+1. The summed E-state index contributed by atoms with van der Waals surface area (Å²) in [4.78, 5) is 6.48. The van der Waals surface area contributed by atoms with Crippen LogP contribution < -0.4 is 10.3 Å². The van der Waals surface area contributed by atoms with E-state index in [9.17, 15) is 0 Å². The second-order valence-corrected chi connectivity index (χ2v) is 2.14. The van der Waals surface area contributed by atoms with Crippen LogP contribution in [0.3, 0.4) is 0 Å². The number of aliphatic imine (C=N–C) groups is 1. The molecule has 0 radical (unpaired) electrons. The van der Waals surface area contributed by atoms with Gasteiger partial charge in [-0.1, -0.05) is 21.3 Å². The fraction of sp³-hybridized carbons (Fsp3) is 0.600. The van der Waals surface area contributed by atoms with Gasteiger partial charge in [-0.3, -0.25) is 9.98 Å². The Kier molecular flexibility index (Phi) is 18.7. The zero-order valence-corrected chi connectivity index (χ0v) is 9.20. The van der Waals surface area contributed by atoms with Crippen LogP contribution in [0.25, 0.3) is 0 Å². The minimum Gasteiger partial charge on any atom is -0.388 e. The van der Waals surface area contributed by atoms with E-state index in [0.29, 0.717) is 5.84 Å². The number of imidazole rings is 1. The van der Waals surface area contributed by atoms with E-state index in [2.05, 4.69) is 9.98 Å². The summed E-state index contributed by atoms with van der Waals surface area (Å²) >= 11 is 0. The first-order valence-electron chi connectivity index (χ1n) is 4.33. The highest BCUT2D eigenvalue weighted by molar-refractivity contribution is 5.77. The summed E-state index contributed by atoms with van der Waals surface area (Å²) in [5.41, 5.74) is 5.04. The average molecular weight is 201 g/mol. The van der Waals surface area contributed by atoms with Gasteiger partial charge in [0.05, 0.1) is 12.9 Å². The Bertz CT molecular complexity index is 198. The predicted molar refractivity (Wildman–Crippen MR) is 63.3 cm³/mol. The third-order valence-electron chi connectivity index (χ3n) is 1.04. The number of nitrogens with zero attached hydrogens (tertiary/aromatic N) is 2. The van der Waals surface area contributed by atoms with Gasteiger partial charge in [0.2, 0.25) is 6.33 Å². The van der Waals surface area contributed by atoms with Crippen molar-refractivity contribution in [1.82, 2.24) is 4.98 Å². The highest BCUT2D eigenvalue weighted by atomic mass is 15.0. The van der Waals surface area contributed by atoms with Crippen LogP contribution in [-0.4, -0.2) is 17.9 Å². The molecular weight excluding hydrogens is 176 g/mol. The second kappa shape index (κ2) is 14.2. The lowest BCUT2D eigenvalue weighted by atomic mass is 10.7. The van der Waals surface area contributed by atoms with Crippen molar-refractivity contribution in [2.45, 2.75) is 28.2 Å². The van der Waals surface area contributed by atoms with Crippen LogP contribution >= 0.6 is 0 Å². The van der Waals surface area contributed by atoms with Gasteiger partial charge in [-0.15, -0.1) is 0 Å². The van der Waals surface area contributed by atoms with Crippen molar-refractivity contribution < 1.29 is 4.57 Å². The topological polar surface area (TPSA) is 58.0 Å². The third kappa shape index (κ3) is 17.0. The molecule has 0 spiro atoms. The molecule has 0 saturated carbocycles. The van der Waals surface area contributed by atoms with Crippen LogP contribution in [0.4, 0.5) is 0 Å². The number of aromatic nitrogens is 2. The van der Waals surface area contributed by atoms with Crippen molar-refractivity contribution >= 4 is 5.84 Å². The molecule has 1 rings (SSSR count). The van der Waals surface area contributed by atoms with Crippen LogP contribution in [-0.2, 0) is 7.05 Å². The number of hydrogen-bond donors (Lipinski definition) is 2. The SMILES string of the molecule is C.CC.CN=C(C)N.C[n+]1cc[nH]c1. The number of hydrogen-bond acceptors (Lipinski definition) is 1. The van der Waals surface area contributed by atoms with Gasteiger partial charge in [0.25, 0.3) is 0 Å². The van der Waals surface area contributed by atoms with Gasteiger partial charge in [-0.2, -0.15) is 0 Å². The maximum Gasteiger partial charge on any atom is 0.241 e. The van der Waals surface area contributed by atoms with Crippen LogP contribution in [0.5, 0.6) is 0 Å². The van der Waals surface area contributed by atoms with E-state index >= 15 is 0 Å². The Morgan fingerprint density at radius 3 is 1.93 bits per heavy atom. The van der Waals surface area contributed by atoms with Crippen molar-refractivity contribution in [3.05, 3.63) is 18.7 Å². The number of rotatable bonds is 0. The van der Waals surface area contributed by atoms with E-state index in [0.717, 1.165) is 0 Å². The molecule has 14 heavy (non-hydrogen) atoms. The van der Waals surface area contributed by atoms with Crippen LogP contribution in [0.2, 0.25) is 0 Å². The van der Waals surface area contributed by atoms with E-state index in [4.69, 9.17) is 5.73 Å². The molecule has 0 aliphatic carbocycles. The average Bonchev–Trinajstić information content (AvgIpc) is 2.60. The van der Waals surface area contributed by atoms with Crippen molar-refractivity contribution in [3.8, 4) is 0 Å². The summed E-state index contributed by atoms with van der Waals surface area (Å²) in [6, 6.07) is 0. The quantitative estimate of drug-likeness (QED) is 0.373. The molecule has 3 N–H and O–H groups in total.